The van der Waals surface area contributed by atoms with E-state index in [9.17, 15) is 0 Å². The van der Waals surface area contributed by atoms with E-state index in [2.05, 4.69) is 46.8 Å². The molecule has 0 radical (unpaired) electrons. The Morgan fingerprint density at radius 1 is 1.09 bits per heavy atom. The molecule has 0 aromatic heterocycles. The van der Waals surface area contributed by atoms with Crippen molar-refractivity contribution in [3.8, 4) is 0 Å². The minimum atomic E-state index is 0.731. The maximum absolute atomic E-state index is 2.34. The first-order valence-corrected chi connectivity index (χ1v) is 4.76. The van der Waals surface area contributed by atoms with Crippen molar-refractivity contribution >= 4 is 0 Å². The van der Waals surface area contributed by atoms with Gasteiger partial charge in [0.05, 0.1) is 0 Å². The molecule has 2 atom stereocenters. The van der Waals surface area contributed by atoms with Gasteiger partial charge < -0.3 is 0 Å². The molecule has 0 spiro atoms. The number of rotatable bonds is 4. The van der Waals surface area contributed by atoms with E-state index in [1.54, 1.807) is 0 Å². The zero-order valence-electron chi connectivity index (χ0n) is 8.59. The second-order valence-electron chi connectivity index (χ2n) is 3.80. The van der Waals surface area contributed by atoms with Crippen LogP contribution in [0.3, 0.4) is 0 Å². The van der Waals surface area contributed by atoms with Gasteiger partial charge in [-0.15, -0.1) is 0 Å². The van der Waals surface area contributed by atoms with E-state index in [0.717, 1.165) is 24.2 Å². The molecule has 0 rings (SSSR count). The molecule has 0 bridgehead atoms. The Labute approximate surface area is 71.7 Å². The zero-order chi connectivity index (χ0) is 8.85. The first kappa shape index (κ1) is 10.7. The summed E-state index contributed by atoms with van der Waals surface area (Å²) in [5, 5.41) is 0. The summed E-state index contributed by atoms with van der Waals surface area (Å²) in [6.07, 6.45) is 5.77. The van der Waals surface area contributed by atoms with E-state index < -0.39 is 0 Å². The summed E-state index contributed by atoms with van der Waals surface area (Å²) in [5.74, 6) is 2.33. The molecule has 0 saturated heterocycles. The smallest absolute Gasteiger partial charge is 0.0234 e. The lowest BCUT2D eigenvalue weighted by Crippen LogP contribution is -2.11. The Morgan fingerprint density at radius 2 is 1.64 bits per heavy atom. The van der Waals surface area contributed by atoms with E-state index in [4.69, 9.17) is 0 Å². The SMILES string of the molecule is CCC=CC(C)C(C)C(C)C. The summed E-state index contributed by atoms with van der Waals surface area (Å²) in [5.41, 5.74) is 0. The van der Waals surface area contributed by atoms with Gasteiger partial charge in [0.25, 0.3) is 0 Å². The third-order valence-electron chi connectivity index (χ3n) is 2.56. The lowest BCUT2D eigenvalue weighted by molar-refractivity contribution is 0.342. The molecule has 0 fully saturated rings. The van der Waals surface area contributed by atoms with Crippen LogP contribution in [0.1, 0.15) is 41.0 Å². The van der Waals surface area contributed by atoms with E-state index in [0.29, 0.717) is 0 Å². The van der Waals surface area contributed by atoms with Crippen molar-refractivity contribution in [3.05, 3.63) is 12.2 Å². The summed E-state index contributed by atoms with van der Waals surface area (Å²) in [6.45, 7) is 11.4. The zero-order valence-corrected chi connectivity index (χ0v) is 8.59. The Kier molecular flexibility index (Phi) is 5.27. The van der Waals surface area contributed by atoms with Gasteiger partial charge in [0.1, 0.15) is 0 Å². The second-order valence-corrected chi connectivity index (χ2v) is 3.80. The van der Waals surface area contributed by atoms with Crippen LogP contribution in [0.2, 0.25) is 0 Å². The molecule has 0 N–H and O–H groups in total. The standard InChI is InChI=1S/C11H22/c1-6-7-8-10(4)11(5)9(2)3/h7-11H,6H2,1-5H3. The highest BCUT2D eigenvalue weighted by Gasteiger charge is 2.12. The maximum Gasteiger partial charge on any atom is -0.0234 e. The Balaban J connectivity index is 3.81. The first-order valence-electron chi connectivity index (χ1n) is 4.76. The highest BCUT2D eigenvalue weighted by atomic mass is 14.2. The Morgan fingerprint density at radius 3 is 2.00 bits per heavy atom. The van der Waals surface area contributed by atoms with Crippen molar-refractivity contribution in [2.45, 2.75) is 41.0 Å². The van der Waals surface area contributed by atoms with Crippen LogP contribution in [-0.2, 0) is 0 Å². The molecule has 66 valence electrons. The quantitative estimate of drug-likeness (QED) is 0.539. The molecule has 0 aliphatic rings. The van der Waals surface area contributed by atoms with Crippen LogP contribution in [0.5, 0.6) is 0 Å². The van der Waals surface area contributed by atoms with Gasteiger partial charge in [-0.1, -0.05) is 46.8 Å². The predicted molar refractivity (Wildman–Crippen MR) is 52.6 cm³/mol. The average Bonchev–Trinajstić information content (AvgIpc) is 1.98. The van der Waals surface area contributed by atoms with Crippen LogP contribution >= 0.6 is 0 Å². The molecule has 0 saturated carbocycles. The minimum Gasteiger partial charge on any atom is -0.0885 e. The van der Waals surface area contributed by atoms with Crippen molar-refractivity contribution in [2.75, 3.05) is 0 Å². The first-order chi connectivity index (χ1) is 5.09. The van der Waals surface area contributed by atoms with Crippen molar-refractivity contribution in [1.29, 1.82) is 0 Å². The topological polar surface area (TPSA) is 0 Å². The molecule has 0 heterocycles. The molecule has 11 heavy (non-hydrogen) atoms. The minimum absolute atomic E-state index is 0.731. The third kappa shape index (κ3) is 4.23. The summed E-state index contributed by atoms with van der Waals surface area (Å²) in [7, 11) is 0. The normalized spacial score (nSPS) is 17.6. The number of hydrogen-bond donors (Lipinski definition) is 0. The van der Waals surface area contributed by atoms with Crippen molar-refractivity contribution in [3.63, 3.8) is 0 Å². The molecule has 0 amide bonds. The average molecular weight is 154 g/mol. The van der Waals surface area contributed by atoms with E-state index in [1.165, 1.54) is 0 Å². The van der Waals surface area contributed by atoms with E-state index >= 15 is 0 Å². The lowest BCUT2D eigenvalue weighted by Gasteiger charge is -2.20. The fourth-order valence-electron chi connectivity index (χ4n) is 1.13. The van der Waals surface area contributed by atoms with Crippen LogP contribution < -0.4 is 0 Å². The van der Waals surface area contributed by atoms with Gasteiger partial charge >= 0.3 is 0 Å². The van der Waals surface area contributed by atoms with Gasteiger partial charge in [0, 0.05) is 0 Å². The molecule has 0 aliphatic heterocycles. The third-order valence-corrected chi connectivity index (χ3v) is 2.56. The highest BCUT2D eigenvalue weighted by Crippen LogP contribution is 2.20. The molecule has 0 nitrogen and oxygen atoms in total. The monoisotopic (exact) mass is 154 g/mol. The molecular formula is C11H22. The summed E-state index contributed by atoms with van der Waals surface area (Å²) in [4.78, 5) is 0. The molecule has 2 unspecified atom stereocenters. The molecule has 0 aromatic rings. The van der Waals surface area contributed by atoms with Gasteiger partial charge in [-0.2, -0.15) is 0 Å². The Hall–Kier alpha value is -0.260. The van der Waals surface area contributed by atoms with Crippen LogP contribution in [0.25, 0.3) is 0 Å². The molecule has 0 heteroatoms. The van der Waals surface area contributed by atoms with E-state index in [1.807, 2.05) is 0 Å². The van der Waals surface area contributed by atoms with Crippen LogP contribution in [0, 0.1) is 17.8 Å². The van der Waals surface area contributed by atoms with Gasteiger partial charge in [-0.05, 0) is 24.2 Å². The van der Waals surface area contributed by atoms with Crippen LogP contribution in [0.15, 0.2) is 12.2 Å². The number of allylic oxidation sites excluding steroid dienone is 2. The second kappa shape index (κ2) is 5.40. The maximum atomic E-state index is 2.34. The van der Waals surface area contributed by atoms with Gasteiger partial charge in [-0.3, -0.25) is 0 Å². The lowest BCUT2D eigenvalue weighted by atomic mass is 9.86. The van der Waals surface area contributed by atoms with Crippen molar-refractivity contribution < 1.29 is 0 Å². The van der Waals surface area contributed by atoms with Gasteiger partial charge in [-0.25, -0.2) is 0 Å². The fourth-order valence-corrected chi connectivity index (χ4v) is 1.13. The summed E-state index contributed by atoms with van der Waals surface area (Å²) < 4.78 is 0. The largest absolute Gasteiger partial charge is 0.0885 e. The molecular weight excluding hydrogens is 132 g/mol. The predicted octanol–water partition coefficient (Wildman–Crippen LogP) is 3.88. The summed E-state index contributed by atoms with van der Waals surface area (Å²) >= 11 is 0. The van der Waals surface area contributed by atoms with Crippen molar-refractivity contribution in [1.82, 2.24) is 0 Å². The van der Waals surface area contributed by atoms with Crippen molar-refractivity contribution in [2.24, 2.45) is 17.8 Å². The van der Waals surface area contributed by atoms with Gasteiger partial charge in [0.2, 0.25) is 0 Å². The van der Waals surface area contributed by atoms with Gasteiger partial charge in [0.15, 0.2) is 0 Å². The number of hydrogen-bond acceptors (Lipinski definition) is 0. The van der Waals surface area contributed by atoms with E-state index in [-0.39, 0.29) is 0 Å². The Bertz CT molecular complexity index is 111. The van der Waals surface area contributed by atoms with Crippen LogP contribution in [0.4, 0.5) is 0 Å². The van der Waals surface area contributed by atoms with Crippen LogP contribution in [-0.4, -0.2) is 0 Å². The fraction of sp³-hybridized carbons (Fsp3) is 0.818. The molecule has 0 aliphatic carbocycles. The highest BCUT2D eigenvalue weighted by molar-refractivity contribution is 4.88. The molecule has 0 aromatic carbocycles. The summed E-state index contributed by atoms with van der Waals surface area (Å²) in [6, 6.07) is 0.